The Hall–Kier alpha value is 0.800. The summed E-state index contributed by atoms with van der Waals surface area (Å²) in [5.74, 6) is -0.251. The molecule has 9 heteroatoms. The van der Waals surface area contributed by atoms with Crippen LogP contribution in [0.2, 0.25) is 0 Å². The summed E-state index contributed by atoms with van der Waals surface area (Å²) in [6.45, 7) is 1.27. The summed E-state index contributed by atoms with van der Waals surface area (Å²) < 4.78 is 14.7. The average Bonchev–Trinajstić information content (AvgIpc) is 2.34. The number of carbonyl (C=O) groups excluding carboxylic acids is 1. The van der Waals surface area contributed by atoms with Crippen LogP contribution in [0, 0.1) is 0 Å². The minimum Gasteiger partial charge on any atom is -0.790 e. The Morgan fingerprint density at radius 2 is 1.85 bits per heavy atom. The summed E-state index contributed by atoms with van der Waals surface area (Å²) in [4.78, 5) is 32.2. The maximum Gasteiger partial charge on any atom is 1.00 e. The molecule has 1 amide bonds. The van der Waals surface area contributed by atoms with Crippen molar-refractivity contribution in [1.82, 2.24) is 5.32 Å². The van der Waals surface area contributed by atoms with Crippen molar-refractivity contribution in [3.8, 4) is 0 Å². The van der Waals surface area contributed by atoms with Crippen molar-refractivity contribution < 1.29 is 82.8 Å². The molecule has 1 atom stereocenters. The quantitative estimate of drug-likeness (QED) is 0.416. The van der Waals surface area contributed by atoms with E-state index in [0.717, 1.165) is 0 Å². The van der Waals surface area contributed by atoms with E-state index in [2.05, 4.69) is 9.84 Å². The summed E-state index contributed by atoms with van der Waals surface area (Å²) in [5, 5.41) is 2.59. The third-order valence-corrected chi connectivity index (χ3v) is 2.72. The number of hydrogen-bond donors (Lipinski definition) is 1. The van der Waals surface area contributed by atoms with Gasteiger partial charge in [0.05, 0.1) is 20.5 Å². The number of benzene rings is 1. The third-order valence-electron chi connectivity index (χ3n) is 2.26. The fourth-order valence-electron chi connectivity index (χ4n) is 1.37. The smallest absolute Gasteiger partial charge is 0.790 e. The molecular weight excluding hydrogens is 303 g/mol. The zero-order chi connectivity index (χ0) is 13.6. The molecule has 1 aromatic carbocycles. The molecule has 0 radical (unpaired) electrons. The SMILES string of the molecule is CCC(=O)N[C@H](COP(=O)([O-])[O-])c1ccccc1.[Na+].[Na+]. The first-order chi connectivity index (χ1) is 8.42. The van der Waals surface area contributed by atoms with E-state index in [4.69, 9.17) is 0 Å². The molecule has 0 unspecified atom stereocenters. The van der Waals surface area contributed by atoms with E-state index < -0.39 is 20.5 Å². The topological polar surface area (TPSA) is 102 Å². The molecule has 0 aliphatic heterocycles. The fourth-order valence-corrected chi connectivity index (χ4v) is 1.70. The molecule has 0 spiro atoms. The number of carbonyl (C=O) groups is 1. The van der Waals surface area contributed by atoms with Crippen molar-refractivity contribution in [1.29, 1.82) is 0 Å². The molecule has 6 nitrogen and oxygen atoms in total. The number of amides is 1. The van der Waals surface area contributed by atoms with E-state index in [9.17, 15) is 19.1 Å². The van der Waals surface area contributed by atoms with Crippen LogP contribution in [0.3, 0.4) is 0 Å². The van der Waals surface area contributed by atoms with Crippen LogP contribution in [0.15, 0.2) is 30.3 Å². The molecule has 1 aromatic rings. The number of rotatable bonds is 6. The van der Waals surface area contributed by atoms with E-state index in [1.165, 1.54) is 0 Å². The summed E-state index contributed by atoms with van der Waals surface area (Å²) in [6, 6.07) is 8.04. The molecule has 0 bridgehead atoms. The zero-order valence-electron chi connectivity index (χ0n) is 11.9. The third kappa shape index (κ3) is 9.68. The molecule has 1 rings (SSSR count). The van der Waals surface area contributed by atoms with Gasteiger partial charge >= 0.3 is 59.1 Å². The molecule has 20 heavy (non-hydrogen) atoms. The van der Waals surface area contributed by atoms with Crippen molar-refractivity contribution in [2.45, 2.75) is 19.4 Å². The number of phosphoric acid groups is 1. The van der Waals surface area contributed by atoms with E-state index in [1.54, 1.807) is 37.3 Å². The van der Waals surface area contributed by atoms with Crippen LogP contribution in [0.1, 0.15) is 24.9 Å². The van der Waals surface area contributed by atoms with Gasteiger partial charge in [-0.25, -0.2) is 0 Å². The van der Waals surface area contributed by atoms with Gasteiger partial charge in [-0.15, -0.1) is 0 Å². The standard InChI is InChI=1S/C11H16NO5P.2Na/c1-2-11(13)12-10(8-17-18(14,15)16)9-6-4-3-5-7-9;;/h3-7,10H,2,8H2,1H3,(H,12,13)(H2,14,15,16);;/q;2*+1/p-2/t10-;;/m1../s1. The molecule has 100 valence electrons. The van der Waals surface area contributed by atoms with Gasteiger partial charge in [0.25, 0.3) is 0 Å². The van der Waals surface area contributed by atoms with Gasteiger partial charge in [-0.05, 0) is 5.56 Å². The first-order valence-electron chi connectivity index (χ1n) is 5.43. The van der Waals surface area contributed by atoms with Gasteiger partial charge in [0.1, 0.15) is 0 Å². The minimum absolute atomic E-state index is 0. The number of phosphoric ester groups is 1. The van der Waals surface area contributed by atoms with Crippen molar-refractivity contribution >= 4 is 13.7 Å². The van der Waals surface area contributed by atoms with Crippen molar-refractivity contribution in [3.63, 3.8) is 0 Å². The van der Waals surface area contributed by atoms with Crippen LogP contribution in [-0.2, 0) is 13.9 Å². The largest absolute Gasteiger partial charge is 1.00 e. The van der Waals surface area contributed by atoms with Gasteiger partial charge in [-0.1, -0.05) is 37.3 Å². The van der Waals surface area contributed by atoms with E-state index in [1.807, 2.05) is 0 Å². The van der Waals surface area contributed by atoms with Gasteiger partial charge in [0.15, 0.2) is 0 Å². The van der Waals surface area contributed by atoms with Crippen molar-refractivity contribution in [3.05, 3.63) is 35.9 Å². The van der Waals surface area contributed by atoms with E-state index >= 15 is 0 Å². The predicted molar refractivity (Wildman–Crippen MR) is 61.2 cm³/mol. The normalized spacial score (nSPS) is 11.8. The zero-order valence-corrected chi connectivity index (χ0v) is 16.8. The van der Waals surface area contributed by atoms with Crippen LogP contribution in [0.5, 0.6) is 0 Å². The number of nitrogens with one attached hydrogen (secondary N) is 1. The Labute approximate surface area is 162 Å². The van der Waals surface area contributed by atoms with Gasteiger partial charge in [0.2, 0.25) is 5.91 Å². The molecule has 0 saturated carbocycles. The second kappa shape index (κ2) is 11.4. The van der Waals surface area contributed by atoms with Crippen molar-refractivity contribution in [2.75, 3.05) is 6.61 Å². The van der Waals surface area contributed by atoms with E-state index in [-0.39, 0.29) is 71.4 Å². The van der Waals surface area contributed by atoms with Crippen LogP contribution in [0.4, 0.5) is 0 Å². The summed E-state index contributed by atoms with van der Waals surface area (Å²) in [5.41, 5.74) is 0.674. The second-order valence-electron chi connectivity index (χ2n) is 3.63. The van der Waals surface area contributed by atoms with Gasteiger partial charge in [-0.3, -0.25) is 4.79 Å². The Morgan fingerprint density at radius 3 is 2.30 bits per heavy atom. The van der Waals surface area contributed by atoms with Crippen LogP contribution in [-0.4, -0.2) is 12.5 Å². The minimum atomic E-state index is -5.04. The monoisotopic (exact) mass is 317 g/mol. The van der Waals surface area contributed by atoms with Crippen molar-refractivity contribution in [2.24, 2.45) is 0 Å². The molecule has 0 aliphatic carbocycles. The molecule has 0 aromatic heterocycles. The first-order valence-corrected chi connectivity index (χ1v) is 6.89. The maximum atomic E-state index is 11.3. The molecule has 1 N–H and O–H groups in total. The molecule has 0 heterocycles. The van der Waals surface area contributed by atoms with Crippen LogP contribution >= 0.6 is 7.82 Å². The molecular formula is C11H14NNa2O5P. The first kappa shape index (κ1) is 23.1. The Morgan fingerprint density at radius 1 is 1.30 bits per heavy atom. The molecule has 0 saturated heterocycles. The number of hydrogen-bond acceptors (Lipinski definition) is 5. The predicted octanol–water partition coefficient (Wildman–Crippen LogP) is -5.89. The van der Waals surface area contributed by atoms with Gasteiger partial charge in [-0.2, -0.15) is 0 Å². The van der Waals surface area contributed by atoms with Crippen LogP contribution in [0.25, 0.3) is 0 Å². The van der Waals surface area contributed by atoms with Gasteiger partial charge in [0, 0.05) is 6.42 Å². The summed E-state index contributed by atoms with van der Waals surface area (Å²) in [7, 11) is -5.04. The van der Waals surface area contributed by atoms with E-state index in [0.29, 0.717) is 5.56 Å². The molecule has 0 aliphatic rings. The Kier molecular flexibility index (Phi) is 13.1. The second-order valence-corrected chi connectivity index (χ2v) is 4.78. The maximum absolute atomic E-state index is 11.3. The summed E-state index contributed by atoms with van der Waals surface area (Å²) in [6.07, 6.45) is 0.260. The van der Waals surface area contributed by atoms with Gasteiger partial charge < -0.3 is 24.2 Å². The summed E-state index contributed by atoms with van der Waals surface area (Å²) >= 11 is 0. The van der Waals surface area contributed by atoms with Crippen LogP contribution < -0.4 is 74.2 Å². The Bertz CT molecular complexity index is 440. The molecule has 0 fully saturated rings. The average molecular weight is 317 g/mol. The Balaban J connectivity index is 0. The fraction of sp³-hybridized carbons (Fsp3) is 0.364.